The number of benzene rings is 4. The molecule has 0 unspecified atom stereocenters. The number of halogens is 8. The van der Waals surface area contributed by atoms with Crippen molar-refractivity contribution in [2.45, 2.75) is 0 Å². The standard InChI is InChI=1S/C36H28BF8O4/c1-5-9-46-33-25(38)13-21(14-26(33)39)37(22-15-27(40)34(28(41)16-22)47-10-6-2,23-17-29(42)35(30(43)18-23)48-11-7-3)24-19-31(44)36(32(45)20-24)49-12-8-4/h5-8,13-20H,1-4,9-12H2/q-1. The molecule has 49 heavy (non-hydrogen) atoms. The van der Waals surface area contributed by atoms with Crippen LogP contribution < -0.4 is 40.8 Å². The Balaban J connectivity index is 2.24. The van der Waals surface area contributed by atoms with Crippen LogP contribution in [0.1, 0.15) is 0 Å². The van der Waals surface area contributed by atoms with Gasteiger partial charge in [0.2, 0.25) is 0 Å². The van der Waals surface area contributed by atoms with E-state index in [0.29, 0.717) is 48.5 Å². The van der Waals surface area contributed by atoms with Gasteiger partial charge >= 0.3 is 0 Å². The lowest BCUT2D eigenvalue weighted by Gasteiger charge is -2.44. The third-order valence-corrected chi connectivity index (χ3v) is 7.46. The Morgan fingerprint density at radius 3 is 0.673 bits per heavy atom. The van der Waals surface area contributed by atoms with Crippen molar-refractivity contribution < 1.29 is 54.1 Å². The molecular weight excluding hydrogens is 659 g/mol. The van der Waals surface area contributed by atoms with Gasteiger partial charge in [-0.3, -0.25) is 0 Å². The van der Waals surface area contributed by atoms with E-state index in [0.717, 1.165) is 0 Å². The molecule has 4 aromatic rings. The van der Waals surface area contributed by atoms with Crippen LogP contribution in [-0.2, 0) is 0 Å². The van der Waals surface area contributed by atoms with Crippen molar-refractivity contribution in [3.05, 3.63) is 146 Å². The first-order valence-corrected chi connectivity index (χ1v) is 14.5. The molecule has 256 valence electrons. The molecule has 0 aliphatic rings. The minimum atomic E-state index is -3.72. The van der Waals surface area contributed by atoms with Gasteiger partial charge < -0.3 is 18.9 Å². The lowest BCUT2D eigenvalue weighted by Crippen LogP contribution is -2.75. The predicted octanol–water partition coefficient (Wildman–Crippen LogP) is 6.44. The Morgan fingerprint density at radius 2 is 0.531 bits per heavy atom. The zero-order valence-corrected chi connectivity index (χ0v) is 25.8. The fourth-order valence-corrected chi connectivity index (χ4v) is 5.59. The molecule has 0 aliphatic carbocycles. The molecule has 0 heterocycles. The first-order valence-electron chi connectivity index (χ1n) is 14.5. The zero-order valence-electron chi connectivity index (χ0n) is 25.8. The molecule has 13 heteroatoms. The Hall–Kier alpha value is -5.46. The highest BCUT2D eigenvalue weighted by Crippen LogP contribution is 2.29. The molecule has 0 radical (unpaired) electrons. The number of hydrogen-bond acceptors (Lipinski definition) is 4. The maximum Gasteiger partial charge on any atom is 0.190 e. The second-order valence-electron chi connectivity index (χ2n) is 10.5. The minimum absolute atomic E-state index is 0.336. The van der Waals surface area contributed by atoms with Crippen LogP contribution in [0, 0.1) is 46.5 Å². The average Bonchev–Trinajstić information content (AvgIpc) is 3.04. The van der Waals surface area contributed by atoms with E-state index in [-0.39, 0.29) is 26.4 Å². The maximum atomic E-state index is 15.7. The van der Waals surface area contributed by atoms with Gasteiger partial charge in [-0.25, -0.2) is 35.1 Å². The Labute approximate surface area is 277 Å². The summed E-state index contributed by atoms with van der Waals surface area (Å²) in [6.07, 6.45) is 1.08. The van der Waals surface area contributed by atoms with Crippen molar-refractivity contribution in [2.75, 3.05) is 26.4 Å². The van der Waals surface area contributed by atoms with Gasteiger partial charge in [0.25, 0.3) is 0 Å². The summed E-state index contributed by atoms with van der Waals surface area (Å²) in [4.78, 5) is 0. The molecular formula is C36H28BF8O4-. The second kappa shape index (κ2) is 15.6. The van der Waals surface area contributed by atoms with E-state index in [1.807, 2.05) is 0 Å². The molecule has 0 atom stereocenters. The molecule has 4 aromatic carbocycles. The average molecular weight is 687 g/mol. The van der Waals surface area contributed by atoms with Crippen LogP contribution in [0.15, 0.2) is 99.2 Å². The maximum absolute atomic E-state index is 15.7. The van der Waals surface area contributed by atoms with E-state index in [4.69, 9.17) is 18.9 Å². The molecule has 0 spiro atoms. The van der Waals surface area contributed by atoms with Crippen molar-refractivity contribution >= 4 is 28.0 Å². The van der Waals surface area contributed by atoms with Crippen LogP contribution >= 0.6 is 0 Å². The predicted molar refractivity (Wildman–Crippen MR) is 172 cm³/mol. The first kappa shape index (κ1) is 36.4. The van der Waals surface area contributed by atoms with Gasteiger partial charge in [-0.1, -0.05) is 99.2 Å². The normalized spacial score (nSPS) is 11.1. The smallest absolute Gasteiger partial charge is 0.190 e. The van der Waals surface area contributed by atoms with E-state index < -0.39 is 97.5 Å². The van der Waals surface area contributed by atoms with E-state index >= 15 is 35.1 Å². The van der Waals surface area contributed by atoms with Gasteiger partial charge in [0.05, 0.1) is 0 Å². The van der Waals surface area contributed by atoms with Gasteiger partial charge in [-0.15, -0.1) is 0 Å². The van der Waals surface area contributed by atoms with E-state index in [1.165, 1.54) is 24.3 Å². The zero-order chi connectivity index (χ0) is 35.9. The Bertz CT molecular complexity index is 1540. The highest BCUT2D eigenvalue weighted by Gasteiger charge is 2.37. The summed E-state index contributed by atoms with van der Waals surface area (Å²) in [5, 5.41) is 0. The topological polar surface area (TPSA) is 36.9 Å². The summed E-state index contributed by atoms with van der Waals surface area (Å²) in [7, 11) is 0. The van der Waals surface area contributed by atoms with Gasteiger partial charge in [0.15, 0.2) is 69.5 Å². The summed E-state index contributed by atoms with van der Waals surface area (Å²) in [6, 6.07) is 5.30. The van der Waals surface area contributed by atoms with E-state index in [9.17, 15) is 0 Å². The summed E-state index contributed by atoms with van der Waals surface area (Å²) >= 11 is 0. The number of rotatable bonds is 16. The van der Waals surface area contributed by atoms with Gasteiger partial charge in [0.1, 0.15) is 32.6 Å². The summed E-state index contributed by atoms with van der Waals surface area (Å²) in [6.45, 7) is 12.3. The molecule has 0 amide bonds. The summed E-state index contributed by atoms with van der Waals surface area (Å²) in [5.74, 6) is -14.5. The SMILES string of the molecule is C=CCOc1c(F)cc([B-](c2cc(F)c(OCC=C)c(F)c2)(c2cc(F)c(OCC=C)c(F)c2)c2cc(F)c(OCC=C)c(F)c2)cc1F. The molecule has 0 bridgehead atoms. The molecule has 4 nitrogen and oxygen atoms in total. The highest BCUT2D eigenvalue weighted by molar-refractivity contribution is 7.19. The first-order chi connectivity index (χ1) is 23.4. The second-order valence-corrected chi connectivity index (χ2v) is 10.5. The molecule has 0 saturated heterocycles. The monoisotopic (exact) mass is 687 g/mol. The van der Waals surface area contributed by atoms with Crippen molar-refractivity contribution in [3.8, 4) is 23.0 Å². The van der Waals surface area contributed by atoms with Crippen LogP contribution in [0.3, 0.4) is 0 Å². The molecule has 0 fully saturated rings. The largest absolute Gasteiger partial charge is 0.483 e. The van der Waals surface area contributed by atoms with Crippen molar-refractivity contribution in [2.24, 2.45) is 0 Å². The van der Waals surface area contributed by atoms with Gasteiger partial charge in [-0.05, 0) is 0 Å². The lowest BCUT2D eigenvalue weighted by molar-refractivity contribution is 0.321. The van der Waals surface area contributed by atoms with E-state index in [1.54, 1.807) is 0 Å². The van der Waals surface area contributed by atoms with Crippen molar-refractivity contribution in [1.29, 1.82) is 0 Å². The van der Waals surface area contributed by atoms with Gasteiger partial charge in [0, 0.05) is 0 Å². The Morgan fingerprint density at radius 1 is 0.367 bits per heavy atom. The highest BCUT2D eigenvalue weighted by atomic mass is 19.2. The van der Waals surface area contributed by atoms with Crippen LogP contribution in [-0.4, -0.2) is 32.6 Å². The fraction of sp³-hybridized carbons (Fsp3) is 0.111. The lowest BCUT2D eigenvalue weighted by atomic mass is 9.13. The quantitative estimate of drug-likeness (QED) is 0.0773. The van der Waals surface area contributed by atoms with Crippen LogP contribution in [0.2, 0.25) is 0 Å². The van der Waals surface area contributed by atoms with Crippen LogP contribution in [0.25, 0.3) is 0 Å². The number of hydrogen-bond donors (Lipinski definition) is 0. The fourth-order valence-electron chi connectivity index (χ4n) is 5.59. The molecule has 0 aromatic heterocycles. The molecule has 0 aliphatic heterocycles. The van der Waals surface area contributed by atoms with E-state index in [2.05, 4.69) is 26.3 Å². The van der Waals surface area contributed by atoms with Crippen LogP contribution in [0.5, 0.6) is 23.0 Å². The van der Waals surface area contributed by atoms with Gasteiger partial charge in [-0.2, -0.15) is 21.9 Å². The van der Waals surface area contributed by atoms with Crippen molar-refractivity contribution in [1.82, 2.24) is 0 Å². The van der Waals surface area contributed by atoms with Crippen LogP contribution in [0.4, 0.5) is 35.1 Å². The van der Waals surface area contributed by atoms with Crippen molar-refractivity contribution in [3.63, 3.8) is 0 Å². The summed E-state index contributed by atoms with van der Waals surface area (Å²) < 4.78 is 146. The number of ether oxygens (including phenoxy) is 4. The Kier molecular flexibility index (Phi) is 11.6. The molecule has 0 saturated carbocycles. The summed E-state index contributed by atoms with van der Waals surface area (Å²) in [5.41, 5.74) is -2.23. The molecule has 4 rings (SSSR count). The molecule has 0 N–H and O–H groups in total. The third-order valence-electron chi connectivity index (χ3n) is 7.46. The third kappa shape index (κ3) is 7.20. The minimum Gasteiger partial charge on any atom is -0.483 e.